The molecule has 1 aromatic rings. The molecule has 6 nitrogen and oxygen atoms in total. The van der Waals surface area contributed by atoms with Gasteiger partial charge >= 0.3 is 6.18 Å². The van der Waals surface area contributed by atoms with Crippen molar-refractivity contribution in [3.63, 3.8) is 0 Å². The van der Waals surface area contributed by atoms with E-state index in [1.807, 2.05) is 5.32 Å². The molecule has 116 valence electrons. The van der Waals surface area contributed by atoms with Crippen molar-refractivity contribution in [3.05, 3.63) is 39.9 Å². The molecular weight excluding hydrogens is 291 g/mol. The average Bonchev–Trinajstić information content (AvgIpc) is 2.37. The van der Waals surface area contributed by atoms with E-state index in [2.05, 4.69) is 5.32 Å². The Morgan fingerprint density at radius 3 is 2.38 bits per heavy atom. The van der Waals surface area contributed by atoms with Gasteiger partial charge in [0.25, 0.3) is 5.69 Å². The van der Waals surface area contributed by atoms with Gasteiger partial charge < -0.3 is 10.6 Å². The number of amides is 1. The van der Waals surface area contributed by atoms with Gasteiger partial charge in [-0.1, -0.05) is 12.1 Å². The van der Waals surface area contributed by atoms with E-state index in [9.17, 15) is 28.1 Å². The van der Waals surface area contributed by atoms with E-state index < -0.39 is 30.1 Å². The van der Waals surface area contributed by atoms with Gasteiger partial charge in [0.15, 0.2) is 0 Å². The van der Waals surface area contributed by atoms with E-state index in [-0.39, 0.29) is 12.2 Å². The minimum Gasteiger partial charge on any atom is -0.355 e. The zero-order valence-electron chi connectivity index (χ0n) is 10.9. The molecular formula is C12H14F3N3O3. The topological polar surface area (TPSA) is 84.3 Å². The molecule has 0 unspecified atom stereocenters. The molecule has 0 saturated heterocycles. The molecule has 0 aliphatic heterocycles. The monoisotopic (exact) mass is 305 g/mol. The summed E-state index contributed by atoms with van der Waals surface area (Å²) < 4.78 is 35.5. The molecule has 0 spiro atoms. The number of hydrogen-bond donors (Lipinski definition) is 2. The summed E-state index contributed by atoms with van der Waals surface area (Å²) in [6.45, 7) is -1.40. The Labute approximate surface area is 118 Å². The number of benzene rings is 1. The number of carbonyl (C=O) groups excluding carboxylic acids is 1. The highest BCUT2D eigenvalue weighted by atomic mass is 19.4. The number of hydrogen-bond acceptors (Lipinski definition) is 4. The fourth-order valence-electron chi connectivity index (χ4n) is 1.51. The van der Waals surface area contributed by atoms with Gasteiger partial charge in [-0.25, -0.2) is 0 Å². The van der Waals surface area contributed by atoms with Gasteiger partial charge in [-0.15, -0.1) is 0 Å². The smallest absolute Gasteiger partial charge is 0.355 e. The molecule has 21 heavy (non-hydrogen) atoms. The van der Waals surface area contributed by atoms with Gasteiger partial charge in [0.2, 0.25) is 5.91 Å². The fourth-order valence-corrected chi connectivity index (χ4v) is 1.51. The summed E-state index contributed by atoms with van der Waals surface area (Å²) >= 11 is 0. The summed E-state index contributed by atoms with van der Waals surface area (Å²) in [5, 5.41) is 14.9. The van der Waals surface area contributed by atoms with Gasteiger partial charge in [-0.3, -0.25) is 14.9 Å². The number of rotatable bonds is 7. The Morgan fingerprint density at radius 1 is 1.24 bits per heavy atom. The van der Waals surface area contributed by atoms with Crippen LogP contribution in [-0.2, 0) is 11.2 Å². The first-order valence-electron chi connectivity index (χ1n) is 6.05. The highest BCUT2D eigenvalue weighted by molar-refractivity contribution is 5.77. The first-order valence-corrected chi connectivity index (χ1v) is 6.05. The average molecular weight is 305 g/mol. The van der Waals surface area contributed by atoms with Crippen molar-refractivity contribution >= 4 is 11.6 Å². The fraction of sp³-hybridized carbons (Fsp3) is 0.417. The lowest BCUT2D eigenvalue weighted by atomic mass is 10.1. The van der Waals surface area contributed by atoms with Crippen molar-refractivity contribution in [1.82, 2.24) is 10.6 Å². The summed E-state index contributed by atoms with van der Waals surface area (Å²) in [5.74, 6) is -0.541. The van der Waals surface area contributed by atoms with Crippen LogP contribution in [0, 0.1) is 10.1 Å². The van der Waals surface area contributed by atoms with Crippen LogP contribution in [-0.4, -0.2) is 36.6 Å². The predicted octanol–water partition coefficient (Wildman–Crippen LogP) is 1.41. The van der Waals surface area contributed by atoms with Crippen LogP contribution in [0.1, 0.15) is 5.56 Å². The van der Waals surface area contributed by atoms with Crippen LogP contribution in [0.5, 0.6) is 0 Å². The molecule has 0 radical (unpaired) electrons. The SMILES string of the molecule is O=C(CNCC(F)(F)F)NCCc1ccc([N+](=O)[O-])cc1. The minimum absolute atomic E-state index is 0.0286. The number of halogens is 3. The largest absolute Gasteiger partial charge is 0.401 e. The van der Waals surface area contributed by atoms with Crippen LogP contribution < -0.4 is 10.6 Å². The second kappa shape index (κ2) is 7.58. The maximum atomic E-state index is 11.8. The molecule has 0 aliphatic rings. The lowest BCUT2D eigenvalue weighted by Gasteiger charge is -2.08. The van der Waals surface area contributed by atoms with Crippen LogP contribution in [0.25, 0.3) is 0 Å². The molecule has 0 saturated carbocycles. The van der Waals surface area contributed by atoms with Gasteiger partial charge in [-0.05, 0) is 12.0 Å². The normalized spacial score (nSPS) is 11.2. The third-order valence-electron chi connectivity index (χ3n) is 2.49. The van der Waals surface area contributed by atoms with Gasteiger partial charge in [-0.2, -0.15) is 13.2 Å². The maximum absolute atomic E-state index is 11.8. The predicted molar refractivity (Wildman–Crippen MR) is 68.7 cm³/mol. The molecule has 0 atom stereocenters. The lowest BCUT2D eigenvalue weighted by Crippen LogP contribution is -2.38. The standard InChI is InChI=1S/C12H14F3N3O3/c13-12(14,15)8-16-7-11(19)17-6-5-9-1-3-10(4-2-9)18(20)21/h1-4,16H,5-8H2,(H,17,19). The van der Waals surface area contributed by atoms with Crippen molar-refractivity contribution in [2.45, 2.75) is 12.6 Å². The molecule has 1 aromatic carbocycles. The van der Waals surface area contributed by atoms with Crippen molar-refractivity contribution in [2.75, 3.05) is 19.6 Å². The van der Waals surface area contributed by atoms with Crippen LogP contribution in [0.2, 0.25) is 0 Å². The lowest BCUT2D eigenvalue weighted by molar-refractivity contribution is -0.384. The Hall–Kier alpha value is -2.16. The molecule has 9 heteroatoms. The summed E-state index contributed by atoms with van der Waals surface area (Å²) in [6.07, 6.45) is -3.91. The molecule has 0 bridgehead atoms. The molecule has 0 fully saturated rings. The van der Waals surface area contributed by atoms with Crippen LogP contribution in [0.15, 0.2) is 24.3 Å². The number of alkyl halides is 3. The summed E-state index contributed by atoms with van der Waals surface area (Å²) in [5.41, 5.74) is 0.753. The number of nitrogens with one attached hydrogen (secondary N) is 2. The van der Waals surface area contributed by atoms with Crippen molar-refractivity contribution in [2.24, 2.45) is 0 Å². The molecule has 1 amide bonds. The maximum Gasteiger partial charge on any atom is 0.401 e. The van der Waals surface area contributed by atoms with E-state index >= 15 is 0 Å². The molecule has 0 aliphatic carbocycles. The number of carbonyl (C=O) groups is 1. The first-order chi connectivity index (χ1) is 9.78. The summed E-state index contributed by atoms with van der Waals surface area (Å²) in [7, 11) is 0. The van der Waals surface area contributed by atoms with E-state index in [1.54, 1.807) is 12.1 Å². The van der Waals surface area contributed by atoms with Crippen molar-refractivity contribution in [3.8, 4) is 0 Å². The zero-order chi connectivity index (χ0) is 15.9. The van der Waals surface area contributed by atoms with Gasteiger partial charge in [0.05, 0.1) is 18.0 Å². The van der Waals surface area contributed by atoms with Gasteiger partial charge in [0.1, 0.15) is 0 Å². The van der Waals surface area contributed by atoms with E-state index in [0.29, 0.717) is 6.42 Å². The number of nitro benzene ring substituents is 1. The second-order valence-corrected chi connectivity index (χ2v) is 4.24. The van der Waals surface area contributed by atoms with E-state index in [1.165, 1.54) is 12.1 Å². The Morgan fingerprint density at radius 2 is 1.86 bits per heavy atom. The Kier molecular flexibility index (Phi) is 6.10. The summed E-state index contributed by atoms with van der Waals surface area (Å²) in [6, 6.07) is 5.82. The second-order valence-electron chi connectivity index (χ2n) is 4.24. The number of non-ortho nitro benzene ring substituents is 1. The highest BCUT2D eigenvalue weighted by Gasteiger charge is 2.26. The van der Waals surface area contributed by atoms with Crippen molar-refractivity contribution < 1.29 is 22.9 Å². The van der Waals surface area contributed by atoms with Gasteiger partial charge in [0, 0.05) is 18.7 Å². The third-order valence-corrected chi connectivity index (χ3v) is 2.49. The third kappa shape index (κ3) is 7.25. The Bertz CT molecular complexity index is 489. The zero-order valence-corrected chi connectivity index (χ0v) is 10.9. The van der Waals surface area contributed by atoms with Crippen molar-refractivity contribution in [1.29, 1.82) is 0 Å². The number of nitro groups is 1. The van der Waals surface area contributed by atoms with Crippen LogP contribution >= 0.6 is 0 Å². The van der Waals surface area contributed by atoms with E-state index in [4.69, 9.17) is 0 Å². The molecule has 0 heterocycles. The minimum atomic E-state index is -4.35. The Balaban J connectivity index is 2.24. The summed E-state index contributed by atoms with van der Waals surface area (Å²) in [4.78, 5) is 21.2. The molecule has 2 N–H and O–H groups in total. The molecule has 0 aromatic heterocycles. The van der Waals surface area contributed by atoms with Crippen LogP contribution in [0.3, 0.4) is 0 Å². The first kappa shape index (κ1) is 16.9. The highest BCUT2D eigenvalue weighted by Crippen LogP contribution is 2.12. The molecule has 1 rings (SSSR count). The van der Waals surface area contributed by atoms with E-state index in [0.717, 1.165) is 5.56 Å². The quantitative estimate of drug-likeness (QED) is 0.589. The van der Waals surface area contributed by atoms with Crippen LogP contribution in [0.4, 0.5) is 18.9 Å². The number of nitrogens with zero attached hydrogens (tertiary/aromatic N) is 1.